The minimum Gasteiger partial charge on any atom is -0.545 e. The van der Waals surface area contributed by atoms with Crippen molar-refractivity contribution in [3.05, 3.63) is 60.8 Å². The van der Waals surface area contributed by atoms with E-state index in [-0.39, 0.29) is 32.2 Å². The van der Waals surface area contributed by atoms with Crippen LogP contribution in [0.2, 0.25) is 0 Å². The van der Waals surface area contributed by atoms with Crippen molar-refractivity contribution in [1.82, 2.24) is 0 Å². The molecule has 388 valence electrons. The number of unbranched alkanes of at least 4 members (excludes halogenated alkanes) is 25. The number of carbonyl (C=O) groups is 3. The first-order chi connectivity index (χ1) is 32.6. The number of hydrogen-bond acceptors (Lipinski definition) is 8. The van der Waals surface area contributed by atoms with E-state index in [2.05, 4.69) is 74.6 Å². The Kier molecular flexibility index (Phi) is 47.2. The lowest BCUT2D eigenvalue weighted by molar-refractivity contribution is -0.870. The van der Waals surface area contributed by atoms with Crippen LogP contribution in [0.15, 0.2) is 60.8 Å². The first kappa shape index (κ1) is 64.0. The third-order valence-corrected chi connectivity index (χ3v) is 11.8. The largest absolute Gasteiger partial charge is 0.545 e. The summed E-state index contributed by atoms with van der Waals surface area (Å²) in [6.45, 7) is 4.64. The number of nitrogens with zero attached hydrogens (tertiary/aromatic N) is 1. The second-order valence-corrected chi connectivity index (χ2v) is 19.5. The summed E-state index contributed by atoms with van der Waals surface area (Å²) >= 11 is 0. The summed E-state index contributed by atoms with van der Waals surface area (Å²) in [6, 6.07) is 0. The standard InChI is InChI=1S/C58H103NO8/c1-6-8-10-12-14-16-18-20-22-24-25-26-27-28-29-30-31-33-35-37-39-41-43-45-47-49-56(61)67-54(53-66-58(57(62)63)64-51-50-59(3,4)5)52-65-55(60)48-46-44-42-40-38-36-34-32-23-21-19-17-15-13-11-9-7-2/h8,10,14,16,20,22,25-26,28-29,54,58H,6-7,9,11-13,15,17-19,21,23-24,27,30-53H2,1-5H3/b10-8-,16-14-,22-20-,26-25-,29-28-. The third kappa shape index (κ3) is 50.7. The molecule has 2 unspecified atom stereocenters. The zero-order valence-corrected chi connectivity index (χ0v) is 44.0. The fourth-order valence-electron chi connectivity index (χ4n) is 7.56. The highest BCUT2D eigenvalue weighted by molar-refractivity contribution is 5.70. The molecule has 0 saturated carbocycles. The van der Waals surface area contributed by atoms with Crippen molar-refractivity contribution in [2.45, 2.75) is 245 Å². The molecule has 0 saturated heterocycles. The summed E-state index contributed by atoms with van der Waals surface area (Å²) in [4.78, 5) is 37.2. The van der Waals surface area contributed by atoms with E-state index < -0.39 is 24.3 Å². The summed E-state index contributed by atoms with van der Waals surface area (Å²) in [6.07, 6.45) is 58.2. The number of aliphatic carboxylic acids is 1. The maximum Gasteiger partial charge on any atom is 0.306 e. The normalized spacial score (nSPS) is 13.3. The smallest absolute Gasteiger partial charge is 0.306 e. The first-order valence-electron chi connectivity index (χ1n) is 27.4. The van der Waals surface area contributed by atoms with Gasteiger partial charge in [0.05, 0.1) is 40.3 Å². The number of esters is 2. The Balaban J connectivity index is 4.29. The predicted octanol–water partition coefficient (Wildman–Crippen LogP) is 14.3. The lowest BCUT2D eigenvalue weighted by atomic mass is 10.0. The van der Waals surface area contributed by atoms with Crippen molar-refractivity contribution in [2.75, 3.05) is 47.5 Å². The molecule has 0 aromatic rings. The number of hydrogen-bond donors (Lipinski definition) is 0. The molecule has 0 fully saturated rings. The van der Waals surface area contributed by atoms with Crippen LogP contribution in [-0.4, -0.2) is 82.3 Å². The van der Waals surface area contributed by atoms with Crippen LogP contribution in [-0.2, 0) is 33.3 Å². The quantitative estimate of drug-likeness (QED) is 0.0195. The van der Waals surface area contributed by atoms with Gasteiger partial charge in [0.1, 0.15) is 13.2 Å². The number of carbonyl (C=O) groups excluding carboxylic acids is 3. The van der Waals surface area contributed by atoms with E-state index >= 15 is 0 Å². The van der Waals surface area contributed by atoms with Crippen molar-refractivity contribution < 1.29 is 42.9 Å². The van der Waals surface area contributed by atoms with Gasteiger partial charge in [-0.15, -0.1) is 0 Å². The average molecular weight is 942 g/mol. The highest BCUT2D eigenvalue weighted by Crippen LogP contribution is 2.16. The van der Waals surface area contributed by atoms with Crippen LogP contribution in [0.3, 0.4) is 0 Å². The zero-order chi connectivity index (χ0) is 49.2. The summed E-state index contributed by atoms with van der Waals surface area (Å²) in [5.41, 5.74) is 0. The number of carboxylic acid groups (broad SMARTS) is 1. The van der Waals surface area contributed by atoms with Gasteiger partial charge in [-0.3, -0.25) is 9.59 Å². The molecule has 0 rings (SSSR count). The van der Waals surface area contributed by atoms with Crippen LogP contribution in [0.1, 0.15) is 232 Å². The van der Waals surface area contributed by atoms with E-state index in [9.17, 15) is 19.5 Å². The Labute approximate surface area is 412 Å². The first-order valence-corrected chi connectivity index (χ1v) is 27.4. The molecule has 0 aliphatic heterocycles. The number of rotatable bonds is 50. The summed E-state index contributed by atoms with van der Waals surface area (Å²) in [7, 11) is 5.92. The molecule has 2 atom stereocenters. The molecule has 0 N–H and O–H groups in total. The number of quaternary nitrogens is 1. The molecule has 0 spiro atoms. The van der Waals surface area contributed by atoms with Gasteiger partial charge < -0.3 is 33.3 Å². The van der Waals surface area contributed by atoms with Gasteiger partial charge in [0, 0.05) is 12.8 Å². The highest BCUT2D eigenvalue weighted by Gasteiger charge is 2.22. The van der Waals surface area contributed by atoms with E-state index in [0.717, 1.165) is 77.0 Å². The molecule has 0 aliphatic carbocycles. The van der Waals surface area contributed by atoms with Crippen LogP contribution < -0.4 is 5.11 Å². The van der Waals surface area contributed by atoms with E-state index in [0.29, 0.717) is 23.9 Å². The molecular formula is C58H103NO8. The Morgan fingerprint density at radius 3 is 1.27 bits per heavy atom. The highest BCUT2D eigenvalue weighted by atomic mass is 16.7. The average Bonchev–Trinajstić information content (AvgIpc) is 3.29. The summed E-state index contributed by atoms with van der Waals surface area (Å²) in [5, 5.41) is 11.8. The Morgan fingerprint density at radius 2 is 0.851 bits per heavy atom. The van der Waals surface area contributed by atoms with Gasteiger partial charge in [0.25, 0.3) is 0 Å². The van der Waals surface area contributed by atoms with Crippen LogP contribution in [0, 0.1) is 0 Å². The molecule has 0 aromatic heterocycles. The monoisotopic (exact) mass is 942 g/mol. The maximum absolute atomic E-state index is 12.8. The topological polar surface area (TPSA) is 111 Å². The fourth-order valence-corrected chi connectivity index (χ4v) is 7.56. The molecular weight excluding hydrogens is 839 g/mol. The van der Waals surface area contributed by atoms with Gasteiger partial charge in [0.2, 0.25) is 0 Å². The number of ether oxygens (including phenoxy) is 4. The van der Waals surface area contributed by atoms with Crippen LogP contribution >= 0.6 is 0 Å². The Hall–Kier alpha value is -3.01. The van der Waals surface area contributed by atoms with Crippen LogP contribution in [0.25, 0.3) is 0 Å². The van der Waals surface area contributed by atoms with Crippen molar-refractivity contribution in [3.8, 4) is 0 Å². The molecule has 0 radical (unpaired) electrons. The minimum absolute atomic E-state index is 0.146. The van der Waals surface area contributed by atoms with Crippen LogP contribution in [0.5, 0.6) is 0 Å². The van der Waals surface area contributed by atoms with Gasteiger partial charge >= 0.3 is 11.9 Å². The Morgan fingerprint density at radius 1 is 0.463 bits per heavy atom. The fraction of sp³-hybridized carbons (Fsp3) is 0.776. The van der Waals surface area contributed by atoms with Crippen molar-refractivity contribution in [3.63, 3.8) is 0 Å². The second-order valence-electron chi connectivity index (χ2n) is 19.5. The maximum atomic E-state index is 12.8. The van der Waals surface area contributed by atoms with Gasteiger partial charge in [-0.2, -0.15) is 0 Å². The molecule has 0 aromatic carbocycles. The molecule has 67 heavy (non-hydrogen) atoms. The van der Waals surface area contributed by atoms with Crippen molar-refractivity contribution in [1.29, 1.82) is 0 Å². The molecule has 0 heterocycles. The minimum atomic E-state index is -1.62. The number of likely N-dealkylation sites (N-methyl/N-ethyl adjacent to an activating group) is 1. The van der Waals surface area contributed by atoms with E-state index in [1.165, 1.54) is 122 Å². The lowest BCUT2D eigenvalue weighted by Crippen LogP contribution is -2.44. The summed E-state index contributed by atoms with van der Waals surface area (Å²) in [5.74, 6) is -2.28. The predicted molar refractivity (Wildman–Crippen MR) is 278 cm³/mol. The van der Waals surface area contributed by atoms with Gasteiger partial charge in [-0.25, -0.2) is 0 Å². The molecule has 9 nitrogen and oxygen atoms in total. The lowest BCUT2D eigenvalue weighted by Gasteiger charge is -2.26. The van der Waals surface area contributed by atoms with Gasteiger partial charge in [0.15, 0.2) is 12.4 Å². The van der Waals surface area contributed by atoms with E-state index in [1.807, 2.05) is 21.1 Å². The molecule has 0 bridgehead atoms. The number of allylic oxidation sites excluding steroid dienone is 10. The van der Waals surface area contributed by atoms with Crippen molar-refractivity contribution in [2.24, 2.45) is 0 Å². The summed E-state index contributed by atoms with van der Waals surface area (Å²) < 4.78 is 22.7. The molecule has 0 aliphatic rings. The SMILES string of the molecule is CC/C=C\C/C=C\C/C=C\C/C=C\C/C=C\CCCCCCCCCCCC(=O)OC(COC(=O)CCCCCCCCCCCCCCCCCCC)COC(OCC[N+](C)(C)C)C(=O)[O-]. The zero-order valence-electron chi connectivity index (χ0n) is 44.0. The number of carboxylic acids is 1. The molecule has 0 amide bonds. The van der Waals surface area contributed by atoms with Gasteiger partial charge in [-0.1, -0.05) is 222 Å². The van der Waals surface area contributed by atoms with Crippen molar-refractivity contribution >= 4 is 17.9 Å². The third-order valence-electron chi connectivity index (χ3n) is 11.8. The molecule has 9 heteroatoms. The van der Waals surface area contributed by atoms with Crippen LogP contribution in [0.4, 0.5) is 0 Å². The second kappa shape index (κ2) is 49.4. The van der Waals surface area contributed by atoms with E-state index in [1.54, 1.807) is 0 Å². The Bertz CT molecular complexity index is 1280. The van der Waals surface area contributed by atoms with E-state index in [4.69, 9.17) is 18.9 Å². The van der Waals surface area contributed by atoms with Gasteiger partial charge in [-0.05, 0) is 57.8 Å².